The number of nitrogens with one attached hydrogen (secondary N) is 1. The molecule has 154 valence electrons. The lowest BCUT2D eigenvalue weighted by Crippen LogP contribution is -2.37. The molecule has 1 atom stereocenters. The molecular weight excluding hydrogens is 376 g/mol. The molecule has 2 aromatic rings. The second-order valence-electron chi connectivity index (χ2n) is 7.18. The average Bonchev–Trinajstić information content (AvgIpc) is 2.68. The first-order valence-electron chi connectivity index (χ1n) is 9.52. The van der Waals surface area contributed by atoms with E-state index >= 15 is 0 Å². The number of halogens is 1. The summed E-state index contributed by atoms with van der Waals surface area (Å²) >= 11 is 6.19. The van der Waals surface area contributed by atoms with E-state index in [1.807, 2.05) is 49.5 Å². The number of likely N-dealkylation sites (N-methyl/N-ethyl adjacent to an activating group) is 1. The van der Waals surface area contributed by atoms with Gasteiger partial charge in [0.1, 0.15) is 12.7 Å². The second-order valence-corrected chi connectivity index (χ2v) is 7.59. The monoisotopic (exact) mass is 406 g/mol. The summed E-state index contributed by atoms with van der Waals surface area (Å²) in [4.78, 5) is 2.08. The van der Waals surface area contributed by atoms with Crippen LogP contribution in [0.5, 0.6) is 11.5 Å². The van der Waals surface area contributed by atoms with Gasteiger partial charge in [-0.05, 0) is 50.2 Å². The van der Waals surface area contributed by atoms with Crippen molar-refractivity contribution in [3.05, 3.63) is 58.6 Å². The van der Waals surface area contributed by atoms with E-state index in [0.29, 0.717) is 37.2 Å². The molecule has 0 aliphatic rings. The number of hydrogen-bond donors (Lipinski definition) is 2. The Hall–Kier alpha value is -1.79. The summed E-state index contributed by atoms with van der Waals surface area (Å²) in [5.41, 5.74) is 2.13. The molecule has 0 saturated heterocycles. The van der Waals surface area contributed by atoms with Crippen molar-refractivity contribution < 1.29 is 14.6 Å². The summed E-state index contributed by atoms with van der Waals surface area (Å²) in [7, 11) is 3.60. The van der Waals surface area contributed by atoms with Crippen LogP contribution in [0.15, 0.2) is 42.5 Å². The number of ether oxygens (including phenoxy) is 2. The van der Waals surface area contributed by atoms with Gasteiger partial charge in [0, 0.05) is 30.7 Å². The molecule has 0 heterocycles. The van der Waals surface area contributed by atoms with Gasteiger partial charge in [0.15, 0.2) is 11.5 Å². The summed E-state index contributed by atoms with van der Waals surface area (Å²) < 4.78 is 11.2. The highest BCUT2D eigenvalue weighted by Gasteiger charge is 2.13. The number of rotatable bonds is 11. The lowest BCUT2D eigenvalue weighted by molar-refractivity contribution is 0.0668. The van der Waals surface area contributed by atoms with Crippen LogP contribution in [0, 0.1) is 0 Å². The molecule has 2 N–H and O–H groups in total. The van der Waals surface area contributed by atoms with Crippen molar-refractivity contribution in [3.63, 3.8) is 0 Å². The van der Waals surface area contributed by atoms with Gasteiger partial charge in [0.05, 0.1) is 7.11 Å². The molecule has 0 bridgehead atoms. The highest BCUT2D eigenvalue weighted by atomic mass is 35.5. The number of hydrogen-bond acceptors (Lipinski definition) is 5. The van der Waals surface area contributed by atoms with Crippen LogP contribution >= 0.6 is 11.6 Å². The fourth-order valence-corrected chi connectivity index (χ4v) is 2.91. The number of benzene rings is 2. The molecular formula is C22H31ClN2O3. The van der Waals surface area contributed by atoms with Gasteiger partial charge in [0.25, 0.3) is 0 Å². The van der Waals surface area contributed by atoms with E-state index in [2.05, 4.69) is 24.1 Å². The van der Waals surface area contributed by atoms with E-state index in [-0.39, 0.29) is 6.61 Å². The van der Waals surface area contributed by atoms with Gasteiger partial charge in [-0.3, -0.25) is 0 Å². The SMILES string of the molecule is COc1ccc(CNCc2ccccc2Cl)cc1OC[C@H](O)CN(C)C(C)C. The summed E-state index contributed by atoms with van der Waals surface area (Å²) in [5, 5.41) is 14.4. The standard InChI is InChI=1S/C22H31ClN2O3/c1-16(2)25(3)14-19(26)15-28-22-11-17(9-10-21(22)27-4)12-24-13-18-7-5-6-8-20(18)23/h5-11,16,19,24,26H,12-15H2,1-4H3/t19-/m1/s1. The van der Waals surface area contributed by atoms with E-state index in [0.717, 1.165) is 16.1 Å². The largest absolute Gasteiger partial charge is 0.493 e. The molecule has 2 rings (SSSR count). The molecule has 0 radical (unpaired) electrons. The predicted octanol–water partition coefficient (Wildman–Crippen LogP) is 3.72. The Kier molecular flexibility index (Phi) is 9.06. The van der Waals surface area contributed by atoms with E-state index in [9.17, 15) is 5.11 Å². The first kappa shape index (κ1) is 22.5. The Bertz CT molecular complexity index is 739. The highest BCUT2D eigenvalue weighted by Crippen LogP contribution is 2.28. The maximum atomic E-state index is 10.2. The molecule has 0 aliphatic carbocycles. The number of nitrogens with zero attached hydrogens (tertiary/aromatic N) is 1. The summed E-state index contributed by atoms with van der Waals surface area (Å²) in [6.45, 7) is 6.31. The maximum absolute atomic E-state index is 10.2. The molecule has 0 unspecified atom stereocenters. The van der Waals surface area contributed by atoms with Gasteiger partial charge in [-0.25, -0.2) is 0 Å². The zero-order valence-electron chi connectivity index (χ0n) is 17.1. The van der Waals surface area contributed by atoms with Crippen LogP contribution in [0.4, 0.5) is 0 Å². The zero-order chi connectivity index (χ0) is 20.5. The van der Waals surface area contributed by atoms with Crippen molar-refractivity contribution in [1.29, 1.82) is 0 Å². The van der Waals surface area contributed by atoms with Gasteiger partial charge in [-0.2, -0.15) is 0 Å². The van der Waals surface area contributed by atoms with Crippen LogP contribution < -0.4 is 14.8 Å². The van der Waals surface area contributed by atoms with Gasteiger partial charge in [-0.1, -0.05) is 35.9 Å². The first-order chi connectivity index (χ1) is 13.4. The number of aliphatic hydroxyl groups excluding tert-OH is 1. The van der Waals surface area contributed by atoms with Crippen molar-refractivity contribution in [2.24, 2.45) is 0 Å². The summed E-state index contributed by atoms with van der Waals surface area (Å²) in [5.74, 6) is 1.28. The number of aliphatic hydroxyl groups is 1. The topological polar surface area (TPSA) is 54.0 Å². The van der Waals surface area contributed by atoms with Crippen LogP contribution in [-0.2, 0) is 13.1 Å². The third kappa shape index (κ3) is 6.99. The number of methoxy groups -OCH3 is 1. The Morgan fingerprint density at radius 1 is 1.11 bits per heavy atom. The van der Waals surface area contributed by atoms with Gasteiger partial charge in [-0.15, -0.1) is 0 Å². The van der Waals surface area contributed by atoms with Crippen LogP contribution in [0.25, 0.3) is 0 Å². The molecule has 0 spiro atoms. The van der Waals surface area contributed by atoms with Crippen molar-refractivity contribution in [2.45, 2.75) is 39.1 Å². The quantitative estimate of drug-likeness (QED) is 0.595. The third-order valence-electron chi connectivity index (χ3n) is 4.64. The minimum atomic E-state index is -0.570. The first-order valence-corrected chi connectivity index (χ1v) is 9.90. The minimum absolute atomic E-state index is 0.212. The van der Waals surface area contributed by atoms with Gasteiger partial charge >= 0.3 is 0 Å². The molecule has 0 aromatic heterocycles. The van der Waals surface area contributed by atoms with Crippen LogP contribution in [0.1, 0.15) is 25.0 Å². The molecule has 5 nitrogen and oxygen atoms in total. The lowest BCUT2D eigenvalue weighted by Gasteiger charge is -2.24. The molecule has 2 aromatic carbocycles. The Labute approximate surface area is 173 Å². The van der Waals surface area contributed by atoms with Crippen molar-refractivity contribution in [3.8, 4) is 11.5 Å². The summed E-state index contributed by atoms with van der Waals surface area (Å²) in [6, 6.07) is 14.0. The maximum Gasteiger partial charge on any atom is 0.161 e. The Morgan fingerprint density at radius 2 is 1.86 bits per heavy atom. The van der Waals surface area contributed by atoms with Gasteiger partial charge in [0.2, 0.25) is 0 Å². The molecule has 28 heavy (non-hydrogen) atoms. The van der Waals surface area contributed by atoms with E-state index in [1.54, 1.807) is 7.11 Å². The summed E-state index contributed by atoms with van der Waals surface area (Å²) in [6.07, 6.45) is -0.570. The van der Waals surface area contributed by atoms with Crippen LogP contribution in [-0.4, -0.2) is 49.5 Å². The Balaban J connectivity index is 1.92. The van der Waals surface area contributed by atoms with Crippen LogP contribution in [0.2, 0.25) is 5.02 Å². The van der Waals surface area contributed by atoms with E-state index in [1.165, 1.54) is 0 Å². The molecule has 6 heteroatoms. The van der Waals surface area contributed by atoms with Crippen molar-refractivity contribution in [2.75, 3.05) is 27.3 Å². The van der Waals surface area contributed by atoms with Crippen LogP contribution in [0.3, 0.4) is 0 Å². The Morgan fingerprint density at radius 3 is 2.54 bits per heavy atom. The highest BCUT2D eigenvalue weighted by molar-refractivity contribution is 6.31. The van der Waals surface area contributed by atoms with Gasteiger partial charge < -0.3 is 24.8 Å². The second kappa shape index (κ2) is 11.3. The normalized spacial score (nSPS) is 12.4. The van der Waals surface area contributed by atoms with E-state index in [4.69, 9.17) is 21.1 Å². The minimum Gasteiger partial charge on any atom is -0.493 e. The van der Waals surface area contributed by atoms with E-state index < -0.39 is 6.10 Å². The van der Waals surface area contributed by atoms with Crippen molar-refractivity contribution in [1.82, 2.24) is 10.2 Å². The molecule has 0 amide bonds. The zero-order valence-corrected chi connectivity index (χ0v) is 17.9. The molecule has 0 aliphatic heterocycles. The average molecular weight is 407 g/mol. The lowest BCUT2D eigenvalue weighted by atomic mass is 10.2. The molecule has 0 saturated carbocycles. The fourth-order valence-electron chi connectivity index (χ4n) is 2.71. The predicted molar refractivity (Wildman–Crippen MR) is 114 cm³/mol. The van der Waals surface area contributed by atoms with Crippen molar-refractivity contribution >= 4 is 11.6 Å². The smallest absolute Gasteiger partial charge is 0.161 e. The fraction of sp³-hybridized carbons (Fsp3) is 0.455. The molecule has 0 fully saturated rings. The third-order valence-corrected chi connectivity index (χ3v) is 5.01.